The summed E-state index contributed by atoms with van der Waals surface area (Å²) in [7, 11) is 0. The van der Waals surface area contributed by atoms with Crippen molar-refractivity contribution in [3.63, 3.8) is 0 Å². The summed E-state index contributed by atoms with van der Waals surface area (Å²) in [5.41, 5.74) is 0.0347. The van der Waals surface area contributed by atoms with Crippen LogP contribution in [-0.2, 0) is 14.4 Å². The van der Waals surface area contributed by atoms with Crippen molar-refractivity contribution in [3.05, 3.63) is 12.2 Å². The molecule has 3 fully saturated rings. The van der Waals surface area contributed by atoms with E-state index < -0.39 is 0 Å². The van der Waals surface area contributed by atoms with Crippen LogP contribution in [-0.4, -0.2) is 41.7 Å². The molecule has 6 heteroatoms. The number of thioether (sulfide) groups is 1. The third kappa shape index (κ3) is 3.87. The van der Waals surface area contributed by atoms with E-state index in [1.165, 1.54) is 0 Å². The van der Waals surface area contributed by atoms with Crippen molar-refractivity contribution < 1.29 is 14.4 Å². The van der Waals surface area contributed by atoms with E-state index in [-0.39, 0.29) is 46.4 Å². The molecule has 2 N–H and O–H groups in total. The maximum absolute atomic E-state index is 13.3. The molecule has 0 aromatic rings. The first kappa shape index (κ1) is 22.9. The Balaban J connectivity index is 1.50. The summed E-state index contributed by atoms with van der Waals surface area (Å²) in [6.45, 7) is 6.25. The van der Waals surface area contributed by atoms with Crippen LogP contribution < -0.4 is 10.6 Å². The largest absolute Gasteiger partial charge is 0.349 e. The summed E-state index contributed by atoms with van der Waals surface area (Å²) < 4.78 is 0. The lowest BCUT2D eigenvalue weighted by Gasteiger charge is -2.58. The average molecular weight is 447 g/mol. The van der Waals surface area contributed by atoms with E-state index in [0.717, 1.165) is 44.3 Å². The van der Waals surface area contributed by atoms with Gasteiger partial charge in [-0.05, 0) is 93.1 Å². The van der Waals surface area contributed by atoms with Crippen LogP contribution in [0.15, 0.2) is 12.2 Å². The van der Waals surface area contributed by atoms with Gasteiger partial charge in [-0.1, -0.05) is 19.9 Å². The van der Waals surface area contributed by atoms with Crippen molar-refractivity contribution in [2.45, 2.75) is 77.8 Å². The molecule has 4 aliphatic rings. The number of hydrogen-bond donors (Lipinski definition) is 2. The molecule has 0 radical (unpaired) electrons. The Morgan fingerprint density at radius 3 is 2.68 bits per heavy atom. The molecule has 0 aromatic heterocycles. The summed E-state index contributed by atoms with van der Waals surface area (Å²) in [6.07, 6.45) is 13.0. The fourth-order valence-corrected chi connectivity index (χ4v) is 8.12. The summed E-state index contributed by atoms with van der Waals surface area (Å²) in [4.78, 5) is 37.3. The molecule has 0 saturated heterocycles. The molecule has 0 bridgehead atoms. The molecule has 3 unspecified atom stereocenters. The lowest BCUT2D eigenvalue weighted by Crippen LogP contribution is -2.59. The van der Waals surface area contributed by atoms with E-state index in [0.29, 0.717) is 24.2 Å². The van der Waals surface area contributed by atoms with Crippen molar-refractivity contribution >= 4 is 29.4 Å². The van der Waals surface area contributed by atoms with Gasteiger partial charge < -0.3 is 10.6 Å². The number of carbonyl (C=O) groups excluding carboxylic acids is 3. The van der Waals surface area contributed by atoms with Gasteiger partial charge in [0, 0.05) is 17.4 Å². The zero-order valence-electron chi connectivity index (χ0n) is 19.4. The quantitative estimate of drug-likeness (QED) is 0.652. The van der Waals surface area contributed by atoms with E-state index in [4.69, 9.17) is 0 Å². The highest BCUT2D eigenvalue weighted by Gasteiger charge is 2.60. The zero-order valence-corrected chi connectivity index (χ0v) is 20.2. The maximum Gasteiger partial charge on any atom is 0.243 e. The van der Waals surface area contributed by atoms with Gasteiger partial charge >= 0.3 is 0 Å². The van der Waals surface area contributed by atoms with Gasteiger partial charge in [-0.25, -0.2) is 0 Å². The maximum atomic E-state index is 13.3. The van der Waals surface area contributed by atoms with Gasteiger partial charge in [0.1, 0.15) is 0 Å². The second-order valence-electron chi connectivity index (χ2n) is 10.8. The molecular weight excluding hydrogens is 408 g/mol. The number of fused-ring (bicyclic) bond motifs is 5. The van der Waals surface area contributed by atoms with E-state index in [1.807, 2.05) is 6.26 Å². The molecule has 0 spiro atoms. The highest BCUT2D eigenvalue weighted by atomic mass is 32.2. The number of rotatable bonds is 6. The molecule has 4 rings (SSSR count). The number of hydrogen-bond acceptors (Lipinski definition) is 4. The van der Waals surface area contributed by atoms with Crippen molar-refractivity contribution in [2.75, 3.05) is 12.0 Å². The number of carbonyl (C=O) groups is 3. The first-order chi connectivity index (χ1) is 14.7. The lowest BCUT2D eigenvalue weighted by molar-refractivity contribution is -0.136. The second kappa shape index (κ2) is 8.57. The molecule has 31 heavy (non-hydrogen) atoms. The van der Waals surface area contributed by atoms with E-state index in [9.17, 15) is 14.4 Å². The highest BCUT2D eigenvalue weighted by Crippen LogP contribution is 2.65. The lowest BCUT2D eigenvalue weighted by atomic mass is 9.48. The van der Waals surface area contributed by atoms with Crippen molar-refractivity contribution in [2.24, 2.45) is 34.5 Å². The average Bonchev–Trinajstić information content (AvgIpc) is 3.08. The fraction of sp³-hybridized carbons (Fsp3) is 0.800. The Hall–Kier alpha value is -1.30. The van der Waals surface area contributed by atoms with Crippen LogP contribution in [0, 0.1) is 34.5 Å². The van der Waals surface area contributed by atoms with Gasteiger partial charge in [-0.2, -0.15) is 11.8 Å². The number of amides is 2. The molecule has 3 saturated carbocycles. The fourth-order valence-electron chi connectivity index (χ4n) is 7.65. The summed E-state index contributed by atoms with van der Waals surface area (Å²) in [6, 6.07) is -0.117. The molecular formula is C25H38N2O3S. The Morgan fingerprint density at radius 1 is 1.19 bits per heavy atom. The Kier molecular flexibility index (Phi) is 6.32. The van der Waals surface area contributed by atoms with Crippen LogP contribution in [0.3, 0.4) is 0 Å². The molecule has 5 nitrogen and oxygen atoms in total. The smallest absolute Gasteiger partial charge is 0.243 e. The van der Waals surface area contributed by atoms with Gasteiger partial charge in [0.25, 0.3) is 0 Å². The van der Waals surface area contributed by atoms with E-state index >= 15 is 0 Å². The third-order valence-corrected chi connectivity index (χ3v) is 10.1. The number of ketones is 1. The predicted octanol–water partition coefficient (Wildman–Crippen LogP) is 3.73. The SMILES string of the molecule is CSCCC(NC(=O)C1CC[C@H]2[C@@H]3CCC4NC(=O)C=C[C@]4(C)[C@@H]3CC[C@]12C)C(C)=O. The Morgan fingerprint density at radius 2 is 1.97 bits per heavy atom. The van der Waals surface area contributed by atoms with E-state index in [1.54, 1.807) is 24.8 Å². The molecule has 8 atom stereocenters. The predicted molar refractivity (Wildman–Crippen MR) is 125 cm³/mol. The summed E-state index contributed by atoms with van der Waals surface area (Å²) in [5.74, 6) is 2.79. The van der Waals surface area contributed by atoms with Crippen LogP contribution in [0.4, 0.5) is 0 Å². The minimum Gasteiger partial charge on any atom is -0.349 e. The minimum absolute atomic E-state index is 0.00158. The zero-order chi connectivity index (χ0) is 22.4. The van der Waals surface area contributed by atoms with Crippen LogP contribution in [0.1, 0.15) is 65.7 Å². The summed E-state index contributed by atoms with van der Waals surface area (Å²) >= 11 is 1.71. The Bertz CT molecular complexity index is 783. The Labute approximate surface area is 190 Å². The van der Waals surface area contributed by atoms with Crippen molar-refractivity contribution in [3.8, 4) is 0 Å². The van der Waals surface area contributed by atoms with Gasteiger partial charge in [0.15, 0.2) is 5.78 Å². The topological polar surface area (TPSA) is 75.3 Å². The van der Waals surface area contributed by atoms with Crippen LogP contribution >= 0.6 is 11.8 Å². The third-order valence-electron chi connectivity index (χ3n) is 9.42. The minimum atomic E-state index is -0.357. The van der Waals surface area contributed by atoms with Gasteiger partial charge in [0.2, 0.25) is 11.8 Å². The van der Waals surface area contributed by atoms with Gasteiger partial charge in [-0.3, -0.25) is 14.4 Å². The first-order valence-electron chi connectivity index (χ1n) is 12.0. The van der Waals surface area contributed by atoms with E-state index in [2.05, 4.69) is 30.6 Å². The standard InChI is InChI=1S/C25H38N2O3S/c1-15(28)20(11-14-31-4)26-23(30)19-7-6-17-16-5-8-21-25(3,13-10-22(29)27-21)18(16)9-12-24(17,19)2/h10,13,16-21H,5-9,11-12,14H2,1-4H3,(H,26,30)(H,27,29)/t16-,17-,18+,19?,20?,21?,24-,25+/m0/s1. The second-order valence-corrected chi connectivity index (χ2v) is 11.8. The number of Topliss-reactive ketones (excluding diaryl/α,β-unsaturated/α-hetero) is 1. The molecule has 1 aliphatic heterocycles. The van der Waals surface area contributed by atoms with Gasteiger partial charge in [-0.15, -0.1) is 0 Å². The van der Waals surface area contributed by atoms with Crippen LogP contribution in [0.5, 0.6) is 0 Å². The summed E-state index contributed by atoms with van der Waals surface area (Å²) in [5, 5.41) is 6.33. The molecule has 2 amide bonds. The van der Waals surface area contributed by atoms with Crippen molar-refractivity contribution in [1.29, 1.82) is 0 Å². The van der Waals surface area contributed by atoms with Crippen LogP contribution in [0.25, 0.3) is 0 Å². The number of nitrogens with one attached hydrogen (secondary N) is 2. The molecule has 172 valence electrons. The molecule has 0 aromatic carbocycles. The monoisotopic (exact) mass is 446 g/mol. The molecule has 3 aliphatic carbocycles. The molecule has 1 heterocycles. The van der Waals surface area contributed by atoms with Crippen LogP contribution in [0.2, 0.25) is 0 Å². The normalized spacial score (nSPS) is 42.1. The van der Waals surface area contributed by atoms with Crippen molar-refractivity contribution in [1.82, 2.24) is 10.6 Å². The highest BCUT2D eigenvalue weighted by molar-refractivity contribution is 7.98. The van der Waals surface area contributed by atoms with Gasteiger partial charge in [0.05, 0.1) is 6.04 Å². The first-order valence-corrected chi connectivity index (χ1v) is 13.4.